The second kappa shape index (κ2) is 7.04. The number of halogens is 1. The lowest BCUT2D eigenvalue weighted by Crippen LogP contribution is -2.43. The van der Waals surface area contributed by atoms with Gasteiger partial charge in [0.15, 0.2) is 0 Å². The van der Waals surface area contributed by atoms with Gasteiger partial charge in [0.1, 0.15) is 0 Å². The number of benzene rings is 1. The van der Waals surface area contributed by atoms with E-state index in [4.69, 9.17) is 0 Å². The van der Waals surface area contributed by atoms with E-state index in [9.17, 15) is 4.79 Å². The van der Waals surface area contributed by atoms with Gasteiger partial charge in [0, 0.05) is 20.7 Å². The third kappa shape index (κ3) is 3.92. The van der Waals surface area contributed by atoms with E-state index in [1.807, 2.05) is 30.0 Å². The lowest BCUT2D eigenvalue weighted by Gasteiger charge is -2.31. The highest BCUT2D eigenvalue weighted by Crippen LogP contribution is 2.28. The Morgan fingerprint density at radius 3 is 2.84 bits per heavy atom. The summed E-state index contributed by atoms with van der Waals surface area (Å²) < 4.78 is 0.939. The summed E-state index contributed by atoms with van der Waals surface area (Å²) in [6, 6.07) is 5.83. The minimum absolute atomic E-state index is 0.0107. The molecule has 1 aliphatic rings. The maximum atomic E-state index is 12.3. The summed E-state index contributed by atoms with van der Waals surface area (Å²) in [6.45, 7) is 0. The molecule has 1 aromatic rings. The van der Waals surface area contributed by atoms with Gasteiger partial charge in [0.05, 0.1) is 5.56 Å². The van der Waals surface area contributed by atoms with E-state index >= 15 is 0 Å². The van der Waals surface area contributed by atoms with E-state index < -0.39 is 0 Å². The first-order chi connectivity index (χ1) is 9.11. The van der Waals surface area contributed by atoms with Crippen molar-refractivity contribution in [1.82, 2.24) is 5.32 Å². The highest BCUT2D eigenvalue weighted by molar-refractivity contribution is 9.10. The van der Waals surface area contributed by atoms with E-state index in [0.29, 0.717) is 15.7 Å². The van der Waals surface area contributed by atoms with Gasteiger partial charge in [0.2, 0.25) is 0 Å². The molecule has 1 N–H and O–H groups in total. The Kier molecular flexibility index (Phi) is 5.66. The monoisotopic (exact) mass is 359 g/mol. The third-order valence-electron chi connectivity index (χ3n) is 3.53. The van der Waals surface area contributed by atoms with Crippen LogP contribution in [0.1, 0.15) is 36.0 Å². The summed E-state index contributed by atoms with van der Waals surface area (Å²) in [6.07, 6.45) is 6.87. The van der Waals surface area contributed by atoms with E-state index in [0.717, 1.165) is 10.9 Å². The first-order valence-electron chi connectivity index (χ1n) is 6.44. The second-order valence-corrected chi connectivity index (χ2v) is 7.27. The fourth-order valence-electron chi connectivity index (χ4n) is 2.49. The summed E-state index contributed by atoms with van der Waals surface area (Å²) >= 11 is 9.61. The first kappa shape index (κ1) is 15.3. The van der Waals surface area contributed by atoms with Gasteiger partial charge in [-0.3, -0.25) is 4.79 Å². The lowest BCUT2D eigenvalue weighted by atomic mass is 9.94. The molecule has 1 aromatic carbocycles. The maximum Gasteiger partial charge on any atom is 0.252 e. The molecule has 0 heterocycles. The molecule has 1 fully saturated rings. The number of hydrogen-bond donors (Lipinski definition) is 2. The van der Waals surface area contributed by atoms with Crippen molar-refractivity contribution >= 4 is 46.2 Å². The quantitative estimate of drug-likeness (QED) is 0.794. The van der Waals surface area contributed by atoms with Crippen LogP contribution in [0.2, 0.25) is 0 Å². The van der Waals surface area contributed by atoms with Gasteiger partial charge in [0.25, 0.3) is 5.91 Å². The van der Waals surface area contributed by atoms with Gasteiger partial charge >= 0.3 is 0 Å². The maximum absolute atomic E-state index is 12.3. The Bertz CT molecular complexity index is 467. The van der Waals surface area contributed by atoms with Crippen molar-refractivity contribution in [2.24, 2.45) is 0 Å². The summed E-state index contributed by atoms with van der Waals surface area (Å²) in [7, 11) is 0. The number of hydrogen-bond acceptors (Lipinski definition) is 3. The Morgan fingerprint density at radius 2 is 2.16 bits per heavy atom. The molecule has 104 valence electrons. The Balaban J connectivity index is 2.07. The average molecular weight is 360 g/mol. The first-order valence-corrected chi connectivity index (χ1v) is 8.97. The van der Waals surface area contributed by atoms with Crippen molar-refractivity contribution in [2.45, 2.75) is 41.9 Å². The molecule has 0 spiro atoms. The normalized spacial score (nSPS) is 23.1. The van der Waals surface area contributed by atoms with E-state index in [1.165, 1.54) is 19.3 Å². The molecular weight excluding hydrogens is 342 g/mol. The molecule has 1 amide bonds. The van der Waals surface area contributed by atoms with E-state index in [-0.39, 0.29) is 11.9 Å². The Labute approximate surface area is 132 Å². The summed E-state index contributed by atoms with van der Waals surface area (Å²) in [5.41, 5.74) is 0.650. The van der Waals surface area contributed by atoms with Crippen molar-refractivity contribution in [3.63, 3.8) is 0 Å². The molecule has 2 nitrogen and oxygen atoms in total. The Morgan fingerprint density at radius 1 is 1.42 bits per heavy atom. The van der Waals surface area contributed by atoms with Crippen molar-refractivity contribution in [3.05, 3.63) is 28.2 Å². The van der Waals surface area contributed by atoms with Crippen LogP contribution in [0.5, 0.6) is 0 Å². The number of nitrogens with one attached hydrogen (secondary N) is 1. The van der Waals surface area contributed by atoms with Crippen LogP contribution in [-0.2, 0) is 0 Å². The topological polar surface area (TPSA) is 29.1 Å². The molecule has 2 unspecified atom stereocenters. The molecule has 1 aliphatic carbocycles. The van der Waals surface area contributed by atoms with Crippen LogP contribution in [0.4, 0.5) is 0 Å². The smallest absolute Gasteiger partial charge is 0.252 e. The molecule has 2 rings (SSSR count). The fraction of sp³-hybridized carbons (Fsp3) is 0.500. The predicted molar refractivity (Wildman–Crippen MR) is 88.4 cm³/mol. The van der Waals surface area contributed by atoms with Gasteiger partial charge in [-0.05, 0) is 37.3 Å². The van der Waals surface area contributed by atoms with E-state index in [1.54, 1.807) is 0 Å². The van der Waals surface area contributed by atoms with Crippen LogP contribution in [0, 0.1) is 0 Å². The van der Waals surface area contributed by atoms with Gasteiger partial charge in [-0.1, -0.05) is 28.8 Å². The number of amides is 1. The van der Waals surface area contributed by atoms with Crippen LogP contribution in [-0.4, -0.2) is 23.5 Å². The molecule has 0 bridgehead atoms. The number of thioether (sulfide) groups is 1. The minimum Gasteiger partial charge on any atom is -0.348 e. The van der Waals surface area contributed by atoms with Crippen molar-refractivity contribution < 1.29 is 4.79 Å². The number of carbonyl (C=O) groups excluding carboxylic acids is 1. The standard InChI is InChI=1S/C14H18BrNOS2/c1-19-13-5-3-2-4-11(13)16-14(17)10-7-6-9(15)8-12(10)18/h6-8,11,13,18H,2-5H2,1H3,(H,16,17). The summed E-state index contributed by atoms with van der Waals surface area (Å²) in [5, 5.41) is 3.71. The average Bonchev–Trinajstić information content (AvgIpc) is 2.39. The van der Waals surface area contributed by atoms with E-state index in [2.05, 4.69) is 40.1 Å². The number of carbonyl (C=O) groups is 1. The Hall–Kier alpha value is -0.130. The highest BCUT2D eigenvalue weighted by atomic mass is 79.9. The zero-order valence-corrected chi connectivity index (χ0v) is 14.2. The summed E-state index contributed by atoms with van der Waals surface area (Å²) in [5.74, 6) is -0.0107. The fourth-order valence-corrected chi connectivity index (χ4v) is 4.28. The van der Waals surface area contributed by atoms with Crippen LogP contribution in [0.3, 0.4) is 0 Å². The van der Waals surface area contributed by atoms with Crippen LogP contribution in [0.25, 0.3) is 0 Å². The second-order valence-electron chi connectivity index (χ2n) is 4.80. The van der Waals surface area contributed by atoms with Gasteiger partial charge in [-0.15, -0.1) is 12.6 Å². The highest BCUT2D eigenvalue weighted by Gasteiger charge is 2.26. The van der Waals surface area contributed by atoms with Gasteiger partial charge in [-0.2, -0.15) is 11.8 Å². The van der Waals surface area contributed by atoms with Crippen molar-refractivity contribution in [3.8, 4) is 0 Å². The molecule has 0 radical (unpaired) electrons. The molecule has 0 saturated heterocycles. The zero-order chi connectivity index (χ0) is 13.8. The largest absolute Gasteiger partial charge is 0.348 e. The lowest BCUT2D eigenvalue weighted by molar-refractivity contribution is 0.0926. The van der Waals surface area contributed by atoms with Crippen LogP contribution >= 0.6 is 40.3 Å². The van der Waals surface area contributed by atoms with Crippen LogP contribution < -0.4 is 5.32 Å². The molecule has 19 heavy (non-hydrogen) atoms. The molecule has 1 saturated carbocycles. The van der Waals surface area contributed by atoms with Crippen LogP contribution in [0.15, 0.2) is 27.6 Å². The molecule has 5 heteroatoms. The van der Waals surface area contributed by atoms with Gasteiger partial charge in [-0.25, -0.2) is 0 Å². The summed E-state index contributed by atoms with van der Waals surface area (Å²) in [4.78, 5) is 13.0. The predicted octanol–water partition coefficient (Wildman–Crippen LogP) is 4.14. The van der Waals surface area contributed by atoms with Gasteiger partial charge < -0.3 is 5.32 Å². The molecule has 2 atom stereocenters. The molecule has 0 aliphatic heterocycles. The number of thiol groups is 1. The van der Waals surface area contributed by atoms with Crippen molar-refractivity contribution in [2.75, 3.05) is 6.26 Å². The minimum atomic E-state index is -0.0107. The van der Waals surface area contributed by atoms with Crippen molar-refractivity contribution in [1.29, 1.82) is 0 Å². The molecular formula is C14H18BrNOS2. The SMILES string of the molecule is CSC1CCCCC1NC(=O)c1ccc(Br)cc1S. The zero-order valence-electron chi connectivity index (χ0n) is 10.9. The number of rotatable bonds is 3. The third-order valence-corrected chi connectivity index (χ3v) is 5.56. The molecule has 0 aromatic heterocycles.